The zero-order valence-corrected chi connectivity index (χ0v) is 12.7. The Morgan fingerprint density at radius 2 is 1.31 bits per heavy atom. The van der Waals surface area contributed by atoms with E-state index in [-0.39, 0.29) is 16.2 Å². The van der Waals surface area contributed by atoms with E-state index in [1.807, 2.05) is 0 Å². The molecule has 1 heteroatoms. The summed E-state index contributed by atoms with van der Waals surface area (Å²) in [4.78, 5) is 0. The summed E-state index contributed by atoms with van der Waals surface area (Å²) >= 11 is 3.59. The van der Waals surface area contributed by atoms with Gasteiger partial charge < -0.3 is 0 Å². The van der Waals surface area contributed by atoms with Crippen molar-refractivity contribution in [3.63, 3.8) is 0 Å². The molecule has 0 nitrogen and oxygen atoms in total. The highest BCUT2D eigenvalue weighted by molar-refractivity contribution is 9.10. The molecule has 0 bridgehead atoms. The van der Waals surface area contributed by atoms with Gasteiger partial charge in [-0.1, -0.05) is 63.5 Å². The zero-order valence-electron chi connectivity index (χ0n) is 11.1. The van der Waals surface area contributed by atoms with E-state index < -0.39 is 0 Å². The molecule has 0 atom stereocenters. The Morgan fingerprint density at radius 3 is 1.88 bits per heavy atom. The summed E-state index contributed by atoms with van der Waals surface area (Å²) in [6.45, 7) is 14.3. The summed E-state index contributed by atoms with van der Waals surface area (Å²) in [7, 11) is 0. The van der Waals surface area contributed by atoms with E-state index >= 15 is 0 Å². The lowest BCUT2D eigenvalue weighted by Crippen LogP contribution is -2.42. The van der Waals surface area contributed by atoms with Gasteiger partial charge in [-0.3, -0.25) is 0 Å². The van der Waals surface area contributed by atoms with Crippen LogP contribution in [0.4, 0.5) is 0 Å². The van der Waals surface area contributed by atoms with Crippen molar-refractivity contribution in [2.24, 2.45) is 5.41 Å². The second-order valence-corrected chi connectivity index (χ2v) is 7.48. The molecule has 0 saturated carbocycles. The van der Waals surface area contributed by atoms with E-state index in [0.717, 1.165) is 0 Å². The van der Waals surface area contributed by atoms with Gasteiger partial charge >= 0.3 is 0 Å². The highest BCUT2D eigenvalue weighted by atomic mass is 79.9. The van der Waals surface area contributed by atoms with Crippen LogP contribution in [0.3, 0.4) is 0 Å². The van der Waals surface area contributed by atoms with Gasteiger partial charge in [-0.25, -0.2) is 0 Å². The number of hydrogen-bond donors (Lipinski definition) is 0. The predicted octanol–water partition coefficient (Wildman–Crippen LogP) is 5.04. The van der Waals surface area contributed by atoms with Crippen molar-refractivity contribution < 1.29 is 0 Å². The first kappa shape index (κ1) is 12.2. The van der Waals surface area contributed by atoms with E-state index in [9.17, 15) is 0 Å². The molecule has 0 amide bonds. The molecule has 2 rings (SSSR count). The van der Waals surface area contributed by atoms with Gasteiger partial charge in [0.25, 0.3) is 0 Å². The van der Waals surface area contributed by atoms with Crippen molar-refractivity contribution in [1.29, 1.82) is 0 Å². The van der Waals surface area contributed by atoms with Crippen LogP contribution in [0.15, 0.2) is 22.7 Å². The molecular weight excluding hydrogens is 260 g/mol. The average Bonchev–Trinajstić information content (AvgIpc) is 2.24. The lowest BCUT2D eigenvalue weighted by atomic mass is 9.59. The molecule has 0 spiro atoms. The van der Waals surface area contributed by atoms with Crippen LogP contribution in [-0.4, -0.2) is 0 Å². The minimum Gasteiger partial charge on any atom is -0.0582 e. The normalized spacial score (nSPS) is 24.2. The molecule has 0 fully saturated rings. The van der Waals surface area contributed by atoms with Crippen molar-refractivity contribution in [3.05, 3.63) is 33.8 Å². The molecule has 88 valence electrons. The fraction of sp³-hybridized carbons (Fsp3) is 0.600. The Balaban J connectivity index is 2.79. The summed E-state index contributed by atoms with van der Waals surface area (Å²) in [6.07, 6.45) is 0. The molecule has 0 heterocycles. The quantitative estimate of drug-likeness (QED) is 0.624. The Kier molecular flexibility index (Phi) is 2.38. The Labute approximate surface area is 108 Å². The molecule has 0 aliphatic heterocycles. The van der Waals surface area contributed by atoms with E-state index in [4.69, 9.17) is 0 Å². The van der Waals surface area contributed by atoms with Crippen molar-refractivity contribution in [1.82, 2.24) is 0 Å². The summed E-state index contributed by atoms with van der Waals surface area (Å²) in [5.41, 5.74) is 3.72. The number of fused-ring (bicyclic) bond motifs is 1. The molecule has 1 aromatic carbocycles. The van der Waals surface area contributed by atoms with Crippen LogP contribution in [0.25, 0.3) is 0 Å². The van der Waals surface area contributed by atoms with Crippen LogP contribution in [0.2, 0.25) is 0 Å². The molecule has 1 aromatic rings. The van der Waals surface area contributed by atoms with Crippen molar-refractivity contribution in [2.75, 3.05) is 0 Å². The summed E-state index contributed by atoms with van der Waals surface area (Å²) < 4.78 is 1.19. The van der Waals surface area contributed by atoms with Crippen molar-refractivity contribution >= 4 is 15.9 Å². The monoisotopic (exact) mass is 280 g/mol. The molecule has 0 saturated heterocycles. The van der Waals surface area contributed by atoms with E-state index in [1.54, 1.807) is 0 Å². The Bertz CT molecular complexity index is 439. The van der Waals surface area contributed by atoms with E-state index in [2.05, 4.69) is 75.7 Å². The molecule has 1 aliphatic carbocycles. The minimum absolute atomic E-state index is 0.218. The maximum absolute atomic E-state index is 3.59. The van der Waals surface area contributed by atoms with Crippen LogP contribution in [-0.2, 0) is 10.8 Å². The molecule has 0 N–H and O–H groups in total. The average molecular weight is 281 g/mol. The van der Waals surface area contributed by atoms with E-state index in [1.165, 1.54) is 15.6 Å². The number of rotatable bonds is 0. The maximum atomic E-state index is 3.59. The number of benzene rings is 1. The zero-order chi connectivity index (χ0) is 12.4. The Morgan fingerprint density at radius 1 is 0.812 bits per heavy atom. The first-order valence-electron chi connectivity index (χ1n) is 5.93. The second-order valence-electron chi connectivity index (χ2n) is 6.56. The van der Waals surface area contributed by atoms with Gasteiger partial charge in [0.2, 0.25) is 0 Å². The molecule has 1 aliphatic rings. The van der Waals surface area contributed by atoms with Crippen LogP contribution in [0.1, 0.15) is 52.7 Å². The third kappa shape index (κ3) is 1.21. The lowest BCUT2D eigenvalue weighted by Gasteiger charge is -2.44. The SMILES string of the molecule is CC1(C)c2ccc(Br)cc2C(C)(C)C1(C)C. The number of hydrogen-bond acceptors (Lipinski definition) is 0. The highest BCUT2D eigenvalue weighted by Gasteiger charge is 2.56. The molecule has 0 aromatic heterocycles. The van der Waals surface area contributed by atoms with E-state index in [0.29, 0.717) is 0 Å². The van der Waals surface area contributed by atoms with Gasteiger partial charge in [0, 0.05) is 4.47 Å². The van der Waals surface area contributed by atoms with Crippen LogP contribution in [0.5, 0.6) is 0 Å². The predicted molar refractivity (Wildman–Crippen MR) is 74.0 cm³/mol. The molecule has 0 radical (unpaired) electrons. The largest absolute Gasteiger partial charge is 0.0582 e. The highest BCUT2D eigenvalue weighted by Crippen LogP contribution is 2.61. The summed E-state index contributed by atoms with van der Waals surface area (Å²) in [6, 6.07) is 6.75. The minimum atomic E-state index is 0.218. The standard InChI is InChI=1S/C15H21Br/c1-13(2)11-8-7-10(16)9-12(11)14(3,4)15(13,5)6/h7-9H,1-6H3. The topological polar surface area (TPSA) is 0 Å². The van der Waals surface area contributed by atoms with Crippen molar-refractivity contribution in [2.45, 2.75) is 52.4 Å². The third-order valence-electron chi connectivity index (χ3n) is 5.45. The van der Waals surface area contributed by atoms with Gasteiger partial charge in [-0.05, 0) is 39.5 Å². The molecular formula is C15H21Br. The van der Waals surface area contributed by atoms with Crippen LogP contribution >= 0.6 is 15.9 Å². The second kappa shape index (κ2) is 3.13. The first-order chi connectivity index (χ1) is 7.12. The summed E-state index contributed by atoms with van der Waals surface area (Å²) in [5, 5.41) is 0. The van der Waals surface area contributed by atoms with Gasteiger partial charge in [-0.2, -0.15) is 0 Å². The fourth-order valence-corrected chi connectivity index (χ4v) is 3.39. The van der Waals surface area contributed by atoms with Gasteiger partial charge in [-0.15, -0.1) is 0 Å². The van der Waals surface area contributed by atoms with Crippen LogP contribution in [0, 0.1) is 5.41 Å². The van der Waals surface area contributed by atoms with Crippen molar-refractivity contribution in [3.8, 4) is 0 Å². The van der Waals surface area contributed by atoms with Gasteiger partial charge in [0.15, 0.2) is 0 Å². The fourth-order valence-electron chi connectivity index (χ4n) is 3.03. The van der Waals surface area contributed by atoms with Gasteiger partial charge in [0.1, 0.15) is 0 Å². The molecule has 16 heavy (non-hydrogen) atoms. The summed E-state index contributed by atoms with van der Waals surface area (Å²) in [5.74, 6) is 0. The third-order valence-corrected chi connectivity index (χ3v) is 5.95. The molecule has 0 unspecified atom stereocenters. The number of halogens is 1. The Hall–Kier alpha value is -0.300. The lowest BCUT2D eigenvalue weighted by molar-refractivity contribution is 0.125. The smallest absolute Gasteiger partial charge is 0.0178 e. The maximum Gasteiger partial charge on any atom is 0.0178 e. The van der Waals surface area contributed by atoms with Crippen LogP contribution < -0.4 is 0 Å². The van der Waals surface area contributed by atoms with Gasteiger partial charge in [0.05, 0.1) is 0 Å². The first-order valence-corrected chi connectivity index (χ1v) is 6.72.